The normalized spacial score (nSPS) is 18.8. The SMILES string of the molecule is COC(=O)C1CC(C(=O)NCc2ccc(C)cc2)N(C(=O)COc2ccccc2)C1c1ccc(Cl)cc1. The van der Waals surface area contributed by atoms with Gasteiger partial charge in [-0.1, -0.05) is 71.8 Å². The molecule has 1 fully saturated rings. The number of nitrogens with zero attached hydrogens (tertiary/aromatic N) is 1. The van der Waals surface area contributed by atoms with Crippen LogP contribution in [0.1, 0.15) is 29.2 Å². The van der Waals surface area contributed by atoms with Crippen LogP contribution in [0, 0.1) is 12.8 Å². The van der Waals surface area contributed by atoms with E-state index in [1.54, 1.807) is 48.5 Å². The van der Waals surface area contributed by atoms with E-state index in [2.05, 4.69) is 5.32 Å². The van der Waals surface area contributed by atoms with E-state index >= 15 is 0 Å². The number of esters is 1. The summed E-state index contributed by atoms with van der Waals surface area (Å²) in [5.74, 6) is -1.45. The van der Waals surface area contributed by atoms with Gasteiger partial charge in [-0.05, 0) is 48.7 Å². The van der Waals surface area contributed by atoms with E-state index in [0.29, 0.717) is 22.9 Å². The number of carbonyl (C=O) groups is 3. The smallest absolute Gasteiger partial charge is 0.311 e. The van der Waals surface area contributed by atoms with Crippen molar-refractivity contribution in [1.29, 1.82) is 0 Å². The maximum atomic E-state index is 13.6. The predicted molar refractivity (Wildman–Crippen MR) is 140 cm³/mol. The first kappa shape index (κ1) is 26.2. The number of aryl methyl sites for hydroxylation is 1. The molecule has 1 N–H and O–H groups in total. The zero-order chi connectivity index (χ0) is 26.4. The zero-order valence-electron chi connectivity index (χ0n) is 20.7. The Balaban J connectivity index is 1.62. The number of likely N-dealkylation sites (tertiary alicyclic amines) is 1. The van der Waals surface area contributed by atoms with E-state index in [0.717, 1.165) is 11.1 Å². The molecule has 192 valence electrons. The number of hydrogen-bond acceptors (Lipinski definition) is 5. The Morgan fingerprint density at radius 1 is 0.973 bits per heavy atom. The highest BCUT2D eigenvalue weighted by molar-refractivity contribution is 6.30. The lowest BCUT2D eigenvalue weighted by Gasteiger charge is -2.31. The summed E-state index contributed by atoms with van der Waals surface area (Å²) >= 11 is 6.09. The number of halogens is 1. The molecule has 3 aromatic rings. The third-order valence-electron chi connectivity index (χ3n) is 6.49. The van der Waals surface area contributed by atoms with Crippen LogP contribution in [0.2, 0.25) is 5.02 Å². The molecule has 1 aliphatic heterocycles. The van der Waals surface area contributed by atoms with Crippen molar-refractivity contribution < 1.29 is 23.9 Å². The Morgan fingerprint density at radius 3 is 2.30 bits per heavy atom. The third-order valence-corrected chi connectivity index (χ3v) is 6.74. The topological polar surface area (TPSA) is 84.9 Å². The molecule has 0 aromatic heterocycles. The average Bonchev–Trinajstić information content (AvgIpc) is 3.33. The van der Waals surface area contributed by atoms with Gasteiger partial charge in [-0.25, -0.2) is 0 Å². The minimum Gasteiger partial charge on any atom is -0.484 e. The lowest BCUT2D eigenvalue weighted by atomic mass is 9.93. The van der Waals surface area contributed by atoms with E-state index in [-0.39, 0.29) is 18.9 Å². The van der Waals surface area contributed by atoms with Gasteiger partial charge in [0.2, 0.25) is 5.91 Å². The van der Waals surface area contributed by atoms with E-state index < -0.39 is 29.9 Å². The first-order valence-corrected chi connectivity index (χ1v) is 12.4. The second kappa shape index (κ2) is 11.9. The van der Waals surface area contributed by atoms with Crippen molar-refractivity contribution in [2.75, 3.05) is 13.7 Å². The van der Waals surface area contributed by atoms with Crippen molar-refractivity contribution in [3.8, 4) is 5.75 Å². The molecule has 3 aromatic carbocycles. The molecule has 37 heavy (non-hydrogen) atoms. The molecular formula is C29H29ClN2O5. The van der Waals surface area contributed by atoms with Crippen LogP contribution in [0.4, 0.5) is 0 Å². The summed E-state index contributed by atoms with van der Waals surface area (Å²) in [7, 11) is 1.30. The van der Waals surface area contributed by atoms with Crippen LogP contribution in [0.25, 0.3) is 0 Å². The van der Waals surface area contributed by atoms with Crippen molar-refractivity contribution in [3.05, 3.63) is 101 Å². The van der Waals surface area contributed by atoms with Gasteiger partial charge >= 0.3 is 5.97 Å². The van der Waals surface area contributed by atoms with Gasteiger partial charge in [-0.3, -0.25) is 14.4 Å². The Labute approximate surface area is 221 Å². The van der Waals surface area contributed by atoms with Gasteiger partial charge in [-0.15, -0.1) is 0 Å². The summed E-state index contributed by atoms with van der Waals surface area (Å²) in [6, 6.07) is 22.1. The van der Waals surface area contributed by atoms with E-state index in [9.17, 15) is 14.4 Å². The van der Waals surface area contributed by atoms with Crippen LogP contribution in [-0.4, -0.2) is 42.4 Å². The molecule has 0 radical (unpaired) electrons. The van der Waals surface area contributed by atoms with E-state index in [4.69, 9.17) is 21.1 Å². The number of carbonyl (C=O) groups excluding carboxylic acids is 3. The van der Waals surface area contributed by atoms with Gasteiger partial charge in [0, 0.05) is 11.6 Å². The Morgan fingerprint density at radius 2 is 1.65 bits per heavy atom. The first-order valence-electron chi connectivity index (χ1n) is 12.0. The number of benzene rings is 3. The number of amides is 2. The Bertz CT molecular complexity index is 1230. The van der Waals surface area contributed by atoms with Crippen LogP contribution in [0.5, 0.6) is 5.75 Å². The summed E-state index contributed by atoms with van der Waals surface area (Å²) in [5, 5.41) is 3.45. The molecule has 0 aliphatic carbocycles. The maximum Gasteiger partial charge on any atom is 0.311 e. The number of nitrogens with one attached hydrogen (secondary N) is 1. The minimum absolute atomic E-state index is 0.122. The quantitative estimate of drug-likeness (QED) is 0.443. The summed E-state index contributed by atoms with van der Waals surface area (Å²) in [5.41, 5.74) is 2.73. The minimum atomic E-state index is -0.887. The van der Waals surface area contributed by atoms with Crippen LogP contribution in [-0.2, 0) is 25.7 Å². The second-order valence-corrected chi connectivity index (χ2v) is 9.42. The molecule has 8 heteroatoms. The molecule has 3 unspecified atom stereocenters. The lowest BCUT2D eigenvalue weighted by molar-refractivity contribution is -0.148. The van der Waals surface area contributed by atoms with Crippen LogP contribution in [0.3, 0.4) is 0 Å². The second-order valence-electron chi connectivity index (χ2n) is 8.98. The van der Waals surface area contributed by atoms with Gasteiger partial charge in [0.1, 0.15) is 11.8 Å². The van der Waals surface area contributed by atoms with Crippen molar-refractivity contribution in [2.45, 2.75) is 32.0 Å². The highest BCUT2D eigenvalue weighted by Gasteiger charge is 2.50. The fourth-order valence-electron chi connectivity index (χ4n) is 4.61. The van der Waals surface area contributed by atoms with Gasteiger partial charge in [0.15, 0.2) is 6.61 Å². The molecule has 3 atom stereocenters. The molecule has 1 heterocycles. The predicted octanol–water partition coefficient (Wildman–Crippen LogP) is 4.48. The summed E-state index contributed by atoms with van der Waals surface area (Å²) in [6.07, 6.45) is 0.122. The van der Waals surface area contributed by atoms with Gasteiger partial charge in [0.05, 0.1) is 19.1 Å². The summed E-state index contributed by atoms with van der Waals surface area (Å²) in [6.45, 7) is 2.00. The van der Waals surface area contributed by atoms with Gasteiger partial charge in [0.25, 0.3) is 5.91 Å². The van der Waals surface area contributed by atoms with Crippen molar-refractivity contribution in [2.24, 2.45) is 5.92 Å². The summed E-state index contributed by atoms with van der Waals surface area (Å²) < 4.78 is 10.8. The largest absolute Gasteiger partial charge is 0.484 e. The number of ether oxygens (including phenoxy) is 2. The molecule has 4 rings (SSSR count). The fraction of sp³-hybridized carbons (Fsp3) is 0.276. The maximum absolute atomic E-state index is 13.6. The number of rotatable bonds is 8. The highest BCUT2D eigenvalue weighted by Crippen LogP contribution is 2.42. The third kappa shape index (κ3) is 6.30. The molecule has 0 saturated carbocycles. The summed E-state index contributed by atoms with van der Waals surface area (Å²) in [4.78, 5) is 41.3. The van der Waals surface area contributed by atoms with Crippen LogP contribution in [0.15, 0.2) is 78.9 Å². The Hall–Kier alpha value is -3.84. The lowest BCUT2D eigenvalue weighted by Crippen LogP contribution is -2.48. The Kier molecular flexibility index (Phi) is 8.46. The molecule has 0 spiro atoms. The van der Waals surface area contributed by atoms with Gasteiger partial charge in [-0.2, -0.15) is 0 Å². The van der Waals surface area contributed by atoms with Crippen molar-refractivity contribution in [3.63, 3.8) is 0 Å². The number of methoxy groups -OCH3 is 1. The first-order chi connectivity index (χ1) is 17.9. The van der Waals surface area contributed by atoms with Crippen LogP contribution >= 0.6 is 11.6 Å². The molecular weight excluding hydrogens is 492 g/mol. The molecule has 1 saturated heterocycles. The van der Waals surface area contributed by atoms with Crippen molar-refractivity contribution >= 4 is 29.4 Å². The van der Waals surface area contributed by atoms with Crippen molar-refractivity contribution in [1.82, 2.24) is 10.2 Å². The van der Waals surface area contributed by atoms with E-state index in [1.165, 1.54) is 12.0 Å². The molecule has 1 aliphatic rings. The van der Waals surface area contributed by atoms with E-state index in [1.807, 2.05) is 37.3 Å². The standard InChI is InChI=1S/C29H29ClN2O5/c1-19-8-10-20(11-9-19)17-31-28(34)25-16-24(29(35)36-2)27(21-12-14-22(30)15-13-21)32(25)26(33)18-37-23-6-4-3-5-7-23/h3-15,24-25,27H,16-18H2,1-2H3,(H,31,34). The molecule has 7 nitrogen and oxygen atoms in total. The molecule has 2 amide bonds. The fourth-order valence-corrected chi connectivity index (χ4v) is 4.74. The van der Waals surface area contributed by atoms with Crippen LogP contribution < -0.4 is 10.1 Å². The van der Waals surface area contributed by atoms with Gasteiger partial charge < -0.3 is 19.7 Å². The number of hydrogen-bond donors (Lipinski definition) is 1. The highest BCUT2D eigenvalue weighted by atomic mass is 35.5. The molecule has 0 bridgehead atoms. The monoisotopic (exact) mass is 520 g/mol. The zero-order valence-corrected chi connectivity index (χ0v) is 21.5. The number of para-hydroxylation sites is 1. The average molecular weight is 521 g/mol.